The van der Waals surface area contributed by atoms with Crippen LogP contribution in [-0.2, 0) is 4.79 Å². The molecule has 20 heavy (non-hydrogen) atoms. The van der Waals surface area contributed by atoms with Gasteiger partial charge in [-0.3, -0.25) is 4.79 Å². The van der Waals surface area contributed by atoms with Gasteiger partial charge in [0.2, 0.25) is 11.0 Å². The molecule has 1 saturated heterocycles. The van der Waals surface area contributed by atoms with Crippen LogP contribution in [0, 0.1) is 13.8 Å². The summed E-state index contributed by atoms with van der Waals surface area (Å²) in [5, 5.41) is 12.7. The van der Waals surface area contributed by atoms with E-state index in [-0.39, 0.29) is 11.9 Å². The quantitative estimate of drug-likeness (QED) is 0.942. The van der Waals surface area contributed by atoms with Crippen molar-refractivity contribution in [3.05, 3.63) is 34.8 Å². The zero-order chi connectivity index (χ0) is 14.1. The summed E-state index contributed by atoms with van der Waals surface area (Å²) in [5.41, 5.74) is 2.15. The molecule has 1 aliphatic heterocycles. The number of amides is 1. The molecule has 0 saturated carbocycles. The fourth-order valence-electron chi connectivity index (χ4n) is 2.30. The number of aryl methyl sites for hydroxylation is 2. The molecule has 3 rings (SSSR count). The molecule has 1 unspecified atom stereocenters. The molecule has 6 heteroatoms. The average molecular weight is 288 g/mol. The third-order valence-corrected chi connectivity index (χ3v) is 4.14. The zero-order valence-electron chi connectivity index (χ0n) is 11.5. The minimum Gasteiger partial charge on any atom is -0.348 e. The molecule has 0 aliphatic carbocycles. The maximum atomic E-state index is 12.4. The van der Waals surface area contributed by atoms with E-state index in [0.717, 1.165) is 23.7 Å². The van der Waals surface area contributed by atoms with E-state index >= 15 is 0 Å². The molecule has 1 aromatic carbocycles. The topological polar surface area (TPSA) is 58.1 Å². The van der Waals surface area contributed by atoms with Gasteiger partial charge in [-0.15, -0.1) is 10.2 Å². The van der Waals surface area contributed by atoms with Gasteiger partial charge >= 0.3 is 0 Å². The number of benzene rings is 1. The summed E-state index contributed by atoms with van der Waals surface area (Å²) in [4.78, 5) is 14.2. The SMILES string of the molecule is Cc1ccc(N2CCC(Nc3nnc(C)s3)C2=O)cc1. The van der Waals surface area contributed by atoms with Crippen LogP contribution in [0.3, 0.4) is 0 Å². The highest BCUT2D eigenvalue weighted by molar-refractivity contribution is 7.15. The molecule has 1 aliphatic rings. The predicted molar refractivity (Wildman–Crippen MR) is 80.2 cm³/mol. The van der Waals surface area contributed by atoms with E-state index in [1.54, 1.807) is 0 Å². The molecule has 0 radical (unpaired) electrons. The Morgan fingerprint density at radius 3 is 2.65 bits per heavy atom. The maximum Gasteiger partial charge on any atom is 0.249 e. The van der Waals surface area contributed by atoms with Crippen molar-refractivity contribution < 1.29 is 4.79 Å². The Morgan fingerprint density at radius 1 is 1.25 bits per heavy atom. The van der Waals surface area contributed by atoms with Gasteiger partial charge < -0.3 is 10.2 Å². The van der Waals surface area contributed by atoms with E-state index in [0.29, 0.717) is 5.13 Å². The Morgan fingerprint density at radius 2 is 2.00 bits per heavy atom. The van der Waals surface area contributed by atoms with Crippen molar-refractivity contribution in [2.75, 3.05) is 16.8 Å². The first kappa shape index (κ1) is 13.1. The summed E-state index contributed by atoms with van der Waals surface area (Å²) in [5.74, 6) is 0.0988. The maximum absolute atomic E-state index is 12.4. The van der Waals surface area contributed by atoms with E-state index in [2.05, 4.69) is 15.5 Å². The van der Waals surface area contributed by atoms with Crippen LogP contribution in [0.15, 0.2) is 24.3 Å². The first-order chi connectivity index (χ1) is 9.63. The van der Waals surface area contributed by atoms with Crippen LogP contribution in [0.2, 0.25) is 0 Å². The Labute approximate surface area is 121 Å². The van der Waals surface area contributed by atoms with Gasteiger partial charge in [-0.1, -0.05) is 29.0 Å². The van der Waals surface area contributed by atoms with Gasteiger partial charge in [-0.2, -0.15) is 0 Å². The second-order valence-corrected chi connectivity index (χ2v) is 6.12. The van der Waals surface area contributed by atoms with E-state index in [1.165, 1.54) is 16.9 Å². The molecule has 1 amide bonds. The van der Waals surface area contributed by atoms with Crippen molar-refractivity contribution >= 4 is 28.1 Å². The van der Waals surface area contributed by atoms with Crippen LogP contribution in [0.4, 0.5) is 10.8 Å². The number of carbonyl (C=O) groups excluding carboxylic acids is 1. The van der Waals surface area contributed by atoms with Crippen LogP contribution >= 0.6 is 11.3 Å². The Bertz CT molecular complexity index is 622. The van der Waals surface area contributed by atoms with Crippen LogP contribution in [0.1, 0.15) is 17.0 Å². The summed E-state index contributed by atoms with van der Waals surface area (Å²) in [6.07, 6.45) is 0.783. The third kappa shape index (κ3) is 2.51. The first-order valence-electron chi connectivity index (χ1n) is 6.58. The summed E-state index contributed by atoms with van der Waals surface area (Å²) >= 11 is 1.47. The standard InChI is InChI=1S/C14H16N4OS/c1-9-3-5-11(6-4-9)18-8-7-12(13(18)19)15-14-17-16-10(2)20-14/h3-6,12H,7-8H2,1-2H3,(H,15,17). The number of nitrogens with zero attached hydrogens (tertiary/aromatic N) is 3. The molecular weight excluding hydrogens is 272 g/mol. The van der Waals surface area contributed by atoms with E-state index in [9.17, 15) is 4.79 Å². The fourth-order valence-corrected chi connectivity index (χ4v) is 2.94. The minimum absolute atomic E-state index is 0.0988. The lowest BCUT2D eigenvalue weighted by Crippen LogP contribution is -2.33. The summed E-state index contributed by atoms with van der Waals surface area (Å²) in [6.45, 7) is 4.67. The molecule has 2 aromatic rings. The zero-order valence-corrected chi connectivity index (χ0v) is 12.3. The largest absolute Gasteiger partial charge is 0.348 e. The highest BCUT2D eigenvalue weighted by Crippen LogP contribution is 2.25. The Hall–Kier alpha value is -1.95. The molecule has 0 spiro atoms. The van der Waals surface area contributed by atoms with Crippen molar-refractivity contribution in [1.29, 1.82) is 0 Å². The number of nitrogens with one attached hydrogen (secondary N) is 1. The molecule has 104 valence electrons. The number of aromatic nitrogens is 2. The van der Waals surface area contributed by atoms with Gasteiger partial charge in [-0.05, 0) is 32.4 Å². The van der Waals surface area contributed by atoms with Gasteiger partial charge in [0.05, 0.1) is 0 Å². The monoisotopic (exact) mass is 288 g/mol. The number of carbonyl (C=O) groups is 1. The fraction of sp³-hybridized carbons (Fsp3) is 0.357. The first-order valence-corrected chi connectivity index (χ1v) is 7.40. The summed E-state index contributed by atoms with van der Waals surface area (Å²) in [6, 6.07) is 7.83. The second-order valence-electron chi connectivity index (χ2n) is 4.94. The second kappa shape index (κ2) is 5.20. The lowest BCUT2D eigenvalue weighted by molar-refractivity contribution is -0.117. The number of hydrogen-bond donors (Lipinski definition) is 1. The molecular formula is C14H16N4OS. The normalized spacial score (nSPS) is 18.6. The number of anilines is 2. The summed E-state index contributed by atoms with van der Waals surface area (Å²) < 4.78 is 0. The lowest BCUT2D eigenvalue weighted by atomic mass is 10.2. The van der Waals surface area contributed by atoms with Gasteiger partial charge in [0, 0.05) is 12.2 Å². The number of rotatable bonds is 3. The average Bonchev–Trinajstić information content (AvgIpc) is 2.99. The van der Waals surface area contributed by atoms with Crippen molar-refractivity contribution in [3.63, 3.8) is 0 Å². The Kier molecular flexibility index (Phi) is 3.40. The molecule has 2 heterocycles. The molecule has 5 nitrogen and oxygen atoms in total. The minimum atomic E-state index is -0.205. The Balaban J connectivity index is 1.72. The van der Waals surface area contributed by atoms with Gasteiger partial charge in [0.25, 0.3) is 0 Å². The van der Waals surface area contributed by atoms with Crippen molar-refractivity contribution in [3.8, 4) is 0 Å². The van der Waals surface area contributed by atoms with Crippen LogP contribution < -0.4 is 10.2 Å². The van der Waals surface area contributed by atoms with Gasteiger partial charge in [0.15, 0.2) is 0 Å². The van der Waals surface area contributed by atoms with Crippen molar-refractivity contribution in [1.82, 2.24) is 10.2 Å². The molecule has 1 N–H and O–H groups in total. The van der Waals surface area contributed by atoms with E-state index in [4.69, 9.17) is 0 Å². The highest BCUT2D eigenvalue weighted by atomic mass is 32.1. The van der Waals surface area contributed by atoms with Crippen LogP contribution in [0.25, 0.3) is 0 Å². The van der Waals surface area contributed by atoms with E-state index in [1.807, 2.05) is 43.0 Å². The van der Waals surface area contributed by atoms with Crippen molar-refractivity contribution in [2.45, 2.75) is 26.3 Å². The smallest absolute Gasteiger partial charge is 0.249 e. The highest BCUT2D eigenvalue weighted by Gasteiger charge is 2.32. The molecule has 1 aromatic heterocycles. The lowest BCUT2D eigenvalue weighted by Gasteiger charge is -2.17. The van der Waals surface area contributed by atoms with E-state index < -0.39 is 0 Å². The third-order valence-electron chi connectivity index (χ3n) is 3.37. The predicted octanol–water partition coefficient (Wildman–Crippen LogP) is 2.37. The van der Waals surface area contributed by atoms with Crippen LogP contribution in [0.5, 0.6) is 0 Å². The molecule has 1 fully saturated rings. The van der Waals surface area contributed by atoms with Gasteiger partial charge in [-0.25, -0.2) is 0 Å². The number of hydrogen-bond acceptors (Lipinski definition) is 5. The molecule has 1 atom stereocenters. The van der Waals surface area contributed by atoms with Crippen molar-refractivity contribution in [2.24, 2.45) is 0 Å². The molecule has 0 bridgehead atoms. The van der Waals surface area contributed by atoms with Gasteiger partial charge in [0.1, 0.15) is 11.0 Å². The summed E-state index contributed by atoms with van der Waals surface area (Å²) in [7, 11) is 0. The van der Waals surface area contributed by atoms with Crippen LogP contribution in [-0.4, -0.2) is 28.7 Å².